The molecule has 1 fully saturated rings. The highest BCUT2D eigenvalue weighted by Gasteiger charge is 2.28. The number of hydrogen-bond acceptors (Lipinski definition) is 6. The third-order valence-electron chi connectivity index (χ3n) is 5.48. The first-order valence-electron chi connectivity index (χ1n) is 10.1. The molecule has 4 rings (SSSR count). The van der Waals surface area contributed by atoms with E-state index in [2.05, 4.69) is 14.1 Å². The van der Waals surface area contributed by atoms with Crippen molar-refractivity contribution >= 4 is 33.2 Å². The summed E-state index contributed by atoms with van der Waals surface area (Å²) in [6.07, 6.45) is 2.23. The molecule has 2 aromatic carbocycles. The minimum atomic E-state index is -4.48. The highest BCUT2D eigenvalue weighted by molar-refractivity contribution is 7.90. The third kappa shape index (κ3) is 5.43. The van der Waals surface area contributed by atoms with Crippen LogP contribution in [0.5, 0.6) is 5.75 Å². The van der Waals surface area contributed by atoms with Crippen LogP contribution in [0.4, 0.5) is 8.78 Å². The molecule has 1 unspecified atom stereocenters. The SMILES string of the molecule is Cn1cns/c1=N/S(=O)(=O)c1cc(F)c(OC[C@@H]2CNCCC2c2ccc(Cl)cc2)cc1F. The van der Waals surface area contributed by atoms with Crippen LogP contribution in [0.2, 0.25) is 5.02 Å². The topological polar surface area (TPSA) is 85.6 Å². The van der Waals surface area contributed by atoms with Crippen molar-refractivity contribution in [1.82, 2.24) is 14.3 Å². The summed E-state index contributed by atoms with van der Waals surface area (Å²) in [5, 5.41) is 3.93. The normalized spacial score (nSPS) is 19.6. The van der Waals surface area contributed by atoms with Crippen molar-refractivity contribution in [1.29, 1.82) is 0 Å². The van der Waals surface area contributed by atoms with Gasteiger partial charge in [0.15, 0.2) is 11.6 Å². The van der Waals surface area contributed by atoms with Crippen molar-refractivity contribution in [2.24, 2.45) is 17.4 Å². The monoisotopic (exact) mass is 514 g/mol. The Balaban J connectivity index is 1.54. The highest BCUT2D eigenvalue weighted by Crippen LogP contribution is 2.33. The fourth-order valence-corrected chi connectivity index (χ4v) is 5.75. The molecule has 1 aliphatic heterocycles. The molecule has 1 aliphatic rings. The molecule has 0 bridgehead atoms. The summed E-state index contributed by atoms with van der Waals surface area (Å²) in [5.74, 6) is -2.30. The van der Waals surface area contributed by atoms with Gasteiger partial charge in [0, 0.05) is 48.2 Å². The molecule has 2 heterocycles. The molecule has 2 atom stereocenters. The first-order chi connectivity index (χ1) is 15.7. The van der Waals surface area contributed by atoms with Gasteiger partial charge in [0.25, 0.3) is 10.0 Å². The number of piperidine rings is 1. The van der Waals surface area contributed by atoms with Gasteiger partial charge in [0.1, 0.15) is 17.0 Å². The van der Waals surface area contributed by atoms with Crippen molar-refractivity contribution in [2.75, 3.05) is 19.7 Å². The summed E-state index contributed by atoms with van der Waals surface area (Å²) in [4.78, 5) is -0.827. The standard InChI is InChI=1S/C21H21ClF2N4O3S2/c1-28-12-26-32-21(28)27-33(29,30)20-9-17(23)19(8-18(20)24)31-11-14-10-25-7-6-16(14)13-2-4-15(22)5-3-13/h2-5,8-9,12,14,16,25H,6-7,10-11H2,1H3/b27-21+/t14-,16?/m0/s1. The number of benzene rings is 2. The van der Waals surface area contributed by atoms with E-state index in [1.807, 2.05) is 24.3 Å². The van der Waals surface area contributed by atoms with Crippen LogP contribution in [0.15, 0.2) is 52.0 Å². The maximum atomic E-state index is 14.7. The summed E-state index contributed by atoms with van der Waals surface area (Å²) >= 11 is 6.81. The van der Waals surface area contributed by atoms with Gasteiger partial charge in [0.2, 0.25) is 4.80 Å². The Hall–Kier alpha value is -2.34. The van der Waals surface area contributed by atoms with Crippen LogP contribution in [0.3, 0.4) is 0 Å². The molecule has 7 nitrogen and oxygen atoms in total. The molecular weight excluding hydrogens is 494 g/mol. The van der Waals surface area contributed by atoms with Crippen molar-refractivity contribution < 1.29 is 21.9 Å². The lowest BCUT2D eigenvalue weighted by Crippen LogP contribution is -2.38. The van der Waals surface area contributed by atoms with E-state index in [1.165, 1.54) is 10.9 Å². The molecule has 1 N–H and O–H groups in total. The van der Waals surface area contributed by atoms with Gasteiger partial charge in [-0.15, -0.1) is 4.40 Å². The van der Waals surface area contributed by atoms with Crippen LogP contribution >= 0.6 is 23.1 Å². The number of nitrogens with zero attached hydrogens (tertiary/aromatic N) is 3. The van der Waals surface area contributed by atoms with E-state index >= 15 is 0 Å². The molecule has 1 saturated heterocycles. The molecule has 12 heteroatoms. The number of nitrogens with one attached hydrogen (secondary N) is 1. The summed E-state index contributed by atoms with van der Waals surface area (Å²) in [5.41, 5.74) is 1.10. The molecule has 0 spiro atoms. The maximum Gasteiger partial charge on any atom is 0.288 e. The van der Waals surface area contributed by atoms with Gasteiger partial charge >= 0.3 is 0 Å². The lowest BCUT2D eigenvalue weighted by molar-refractivity contribution is 0.190. The van der Waals surface area contributed by atoms with Crippen LogP contribution in [0.25, 0.3) is 0 Å². The van der Waals surface area contributed by atoms with Crippen LogP contribution in [-0.4, -0.2) is 37.1 Å². The van der Waals surface area contributed by atoms with Crippen molar-refractivity contribution in [3.8, 4) is 5.75 Å². The van der Waals surface area contributed by atoms with E-state index in [1.54, 1.807) is 7.05 Å². The number of hydrogen-bond donors (Lipinski definition) is 1. The van der Waals surface area contributed by atoms with E-state index in [9.17, 15) is 17.2 Å². The van der Waals surface area contributed by atoms with Crippen molar-refractivity contribution in [2.45, 2.75) is 17.2 Å². The van der Waals surface area contributed by atoms with Crippen LogP contribution in [0.1, 0.15) is 17.9 Å². The summed E-state index contributed by atoms with van der Waals surface area (Å²) in [7, 11) is -2.93. The second-order valence-corrected chi connectivity index (χ2v) is 10.5. The molecule has 0 amide bonds. The number of ether oxygens (including phenoxy) is 1. The lowest BCUT2D eigenvalue weighted by Gasteiger charge is -2.32. The van der Waals surface area contributed by atoms with Gasteiger partial charge < -0.3 is 14.6 Å². The molecule has 0 saturated carbocycles. The molecule has 1 aromatic heterocycles. The average molecular weight is 515 g/mol. The molecule has 33 heavy (non-hydrogen) atoms. The number of halogens is 3. The maximum absolute atomic E-state index is 14.7. The molecule has 0 aliphatic carbocycles. The van der Waals surface area contributed by atoms with Crippen molar-refractivity contribution in [3.05, 3.63) is 69.7 Å². The fraction of sp³-hybridized carbons (Fsp3) is 0.333. The molecule has 176 valence electrons. The third-order valence-corrected chi connectivity index (χ3v) is 7.87. The van der Waals surface area contributed by atoms with Gasteiger partial charge in [-0.3, -0.25) is 0 Å². The minimum Gasteiger partial charge on any atom is -0.490 e. The van der Waals surface area contributed by atoms with Crippen LogP contribution in [0, 0.1) is 17.6 Å². The van der Waals surface area contributed by atoms with Gasteiger partial charge in [0.05, 0.1) is 6.61 Å². The molecule has 0 radical (unpaired) electrons. The predicted octanol–water partition coefficient (Wildman–Crippen LogP) is 3.47. The van der Waals surface area contributed by atoms with Gasteiger partial charge in [-0.25, -0.2) is 8.78 Å². The van der Waals surface area contributed by atoms with E-state index in [4.69, 9.17) is 16.3 Å². The first-order valence-corrected chi connectivity index (χ1v) is 12.7. The quantitative estimate of drug-likeness (QED) is 0.544. The minimum absolute atomic E-state index is 0.00660. The second-order valence-electron chi connectivity index (χ2n) is 7.71. The van der Waals surface area contributed by atoms with E-state index < -0.39 is 26.6 Å². The van der Waals surface area contributed by atoms with Crippen LogP contribution < -0.4 is 14.9 Å². The van der Waals surface area contributed by atoms with Gasteiger partial charge in [-0.05, 0) is 36.6 Å². The zero-order valence-electron chi connectivity index (χ0n) is 17.5. The fourth-order valence-electron chi connectivity index (χ4n) is 3.75. The predicted molar refractivity (Wildman–Crippen MR) is 121 cm³/mol. The first kappa shape index (κ1) is 23.8. The Morgan fingerprint density at radius 2 is 2.03 bits per heavy atom. The molecule has 3 aromatic rings. The number of sulfonamides is 1. The number of aryl methyl sites for hydroxylation is 1. The van der Waals surface area contributed by atoms with E-state index in [0.29, 0.717) is 17.6 Å². The largest absolute Gasteiger partial charge is 0.490 e. The zero-order chi connectivity index (χ0) is 23.6. The highest BCUT2D eigenvalue weighted by atomic mass is 35.5. The van der Waals surface area contributed by atoms with Crippen molar-refractivity contribution in [3.63, 3.8) is 0 Å². The molecular formula is C21H21ClF2N4O3S2. The zero-order valence-corrected chi connectivity index (χ0v) is 19.9. The summed E-state index contributed by atoms with van der Waals surface area (Å²) in [6.45, 7) is 1.61. The lowest BCUT2D eigenvalue weighted by atomic mass is 9.81. The van der Waals surface area contributed by atoms with E-state index in [0.717, 1.165) is 36.1 Å². The Bertz CT molecular complexity index is 1310. The Morgan fingerprint density at radius 1 is 1.27 bits per heavy atom. The number of aromatic nitrogens is 2. The van der Waals surface area contributed by atoms with Gasteiger partial charge in [-0.2, -0.15) is 12.8 Å². The van der Waals surface area contributed by atoms with E-state index in [-0.39, 0.29) is 29.0 Å². The summed E-state index contributed by atoms with van der Waals surface area (Å²) in [6, 6.07) is 8.90. The summed E-state index contributed by atoms with van der Waals surface area (Å²) < 4.78 is 68.7. The van der Waals surface area contributed by atoms with Crippen LogP contribution in [-0.2, 0) is 17.1 Å². The Labute approximate surface area is 198 Å². The Morgan fingerprint density at radius 3 is 2.73 bits per heavy atom. The van der Waals surface area contributed by atoms with Gasteiger partial charge in [-0.1, -0.05) is 23.7 Å². The second kappa shape index (κ2) is 9.88. The average Bonchev–Trinajstić information content (AvgIpc) is 3.18. The Kier molecular flexibility index (Phi) is 7.13. The smallest absolute Gasteiger partial charge is 0.288 e. The number of rotatable bonds is 6.